The van der Waals surface area contributed by atoms with E-state index in [0.29, 0.717) is 0 Å². The Kier molecular flexibility index (Phi) is 6.44. The van der Waals surface area contributed by atoms with Crippen LogP contribution in [0.4, 0.5) is 0 Å². The molecular formula is C9H12O10. The number of carboxylic acid groups (broad SMARTS) is 4. The lowest BCUT2D eigenvalue weighted by Gasteiger charge is -2.22. The predicted molar refractivity (Wildman–Crippen MR) is 54.6 cm³/mol. The number of ether oxygens (including phenoxy) is 2. The van der Waals surface area contributed by atoms with Gasteiger partial charge in [-0.3, -0.25) is 0 Å². The Balaban J connectivity index is 4.96. The number of carboxylic acids is 4. The van der Waals surface area contributed by atoms with Crippen LogP contribution in [-0.2, 0) is 28.7 Å². The first-order valence-corrected chi connectivity index (χ1v) is 4.84. The normalized spacial score (nSPS) is 15.2. The van der Waals surface area contributed by atoms with E-state index >= 15 is 0 Å². The quantitative estimate of drug-likeness (QED) is 0.389. The van der Waals surface area contributed by atoms with Gasteiger partial charge in [0.25, 0.3) is 0 Å². The fourth-order valence-corrected chi connectivity index (χ4v) is 0.986. The van der Waals surface area contributed by atoms with Gasteiger partial charge in [0.05, 0.1) is 0 Å². The fraction of sp³-hybridized carbons (Fsp3) is 0.556. The van der Waals surface area contributed by atoms with E-state index in [1.165, 1.54) is 0 Å². The summed E-state index contributed by atoms with van der Waals surface area (Å²) in [6, 6.07) is 0. The second-order valence-corrected chi connectivity index (χ2v) is 3.34. The van der Waals surface area contributed by atoms with E-state index < -0.39 is 48.8 Å². The van der Waals surface area contributed by atoms with Crippen LogP contribution in [0.1, 0.15) is 6.92 Å². The van der Waals surface area contributed by atoms with E-state index in [4.69, 9.17) is 20.4 Å². The molecule has 10 nitrogen and oxygen atoms in total. The molecule has 0 aromatic heterocycles. The lowest BCUT2D eigenvalue weighted by atomic mass is 10.2. The van der Waals surface area contributed by atoms with Crippen LogP contribution in [0.25, 0.3) is 0 Å². The Morgan fingerprint density at radius 1 is 0.895 bits per heavy atom. The zero-order chi connectivity index (χ0) is 15.2. The van der Waals surface area contributed by atoms with Crippen LogP contribution in [0.15, 0.2) is 0 Å². The van der Waals surface area contributed by atoms with Gasteiger partial charge in [-0.25, -0.2) is 19.2 Å². The largest absolute Gasteiger partial charge is 0.480 e. The fourth-order valence-electron chi connectivity index (χ4n) is 0.986. The molecule has 0 spiro atoms. The van der Waals surface area contributed by atoms with E-state index in [2.05, 4.69) is 9.47 Å². The molecule has 0 saturated carbocycles. The highest BCUT2D eigenvalue weighted by molar-refractivity contribution is 5.84. The molecule has 3 atom stereocenters. The van der Waals surface area contributed by atoms with Crippen molar-refractivity contribution in [3.63, 3.8) is 0 Å². The van der Waals surface area contributed by atoms with Crippen molar-refractivity contribution < 1.29 is 49.1 Å². The van der Waals surface area contributed by atoms with Gasteiger partial charge in [0.1, 0.15) is 6.61 Å². The molecule has 3 unspecified atom stereocenters. The van der Waals surface area contributed by atoms with Gasteiger partial charge in [-0.15, -0.1) is 0 Å². The van der Waals surface area contributed by atoms with E-state index in [-0.39, 0.29) is 0 Å². The third-order valence-electron chi connectivity index (χ3n) is 1.85. The Hall–Kier alpha value is -2.20. The van der Waals surface area contributed by atoms with Crippen LogP contribution in [-0.4, -0.2) is 69.2 Å². The van der Waals surface area contributed by atoms with Crippen LogP contribution in [0, 0.1) is 0 Å². The minimum Gasteiger partial charge on any atom is -0.480 e. The number of rotatable bonds is 9. The molecule has 0 heterocycles. The van der Waals surface area contributed by atoms with Gasteiger partial charge in [-0.1, -0.05) is 0 Å². The first-order chi connectivity index (χ1) is 8.66. The molecule has 0 aromatic carbocycles. The van der Waals surface area contributed by atoms with Crippen molar-refractivity contribution in [2.24, 2.45) is 0 Å². The summed E-state index contributed by atoms with van der Waals surface area (Å²) in [6.45, 7) is -0.0695. The highest BCUT2D eigenvalue weighted by atomic mass is 16.6. The Labute approximate surface area is 106 Å². The number of hydrogen-bond donors (Lipinski definition) is 4. The molecule has 0 bridgehead atoms. The zero-order valence-electron chi connectivity index (χ0n) is 9.68. The molecule has 0 rings (SSSR count). The van der Waals surface area contributed by atoms with Gasteiger partial charge in [0, 0.05) is 0 Å². The molecule has 0 amide bonds. The summed E-state index contributed by atoms with van der Waals surface area (Å²) >= 11 is 0. The lowest BCUT2D eigenvalue weighted by Crippen LogP contribution is -2.46. The molecule has 0 saturated heterocycles. The second-order valence-electron chi connectivity index (χ2n) is 3.34. The third-order valence-corrected chi connectivity index (χ3v) is 1.85. The van der Waals surface area contributed by atoms with Gasteiger partial charge >= 0.3 is 23.9 Å². The van der Waals surface area contributed by atoms with Crippen LogP contribution in [0.2, 0.25) is 0 Å². The molecule has 10 heteroatoms. The SMILES string of the molecule is CC(OC(C(=O)O)C(OCC(=O)O)C(=O)O)C(=O)O. The number of aliphatic carboxylic acids is 4. The summed E-state index contributed by atoms with van der Waals surface area (Å²) in [5.74, 6) is -6.59. The molecule has 0 radical (unpaired) electrons. The van der Waals surface area contributed by atoms with Gasteiger partial charge in [-0.05, 0) is 6.92 Å². The Morgan fingerprint density at radius 3 is 1.68 bits per heavy atom. The standard InChI is InChI=1S/C9H12O10/c1-3(7(12)13)19-6(9(16)17)5(8(14)15)18-2-4(10)11/h3,5-6H,2H2,1H3,(H,10,11)(H,12,13)(H,14,15)(H,16,17). The molecule has 108 valence electrons. The van der Waals surface area contributed by atoms with Crippen LogP contribution < -0.4 is 0 Å². The summed E-state index contributed by atoms with van der Waals surface area (Å²) in [6.07, 6.45) is -5.89. The van der Waals surface area contributed by atoms with E-state index in [9.17, 15) is 19.2 Å². The van der Waals surface area contributed by atoms with Crippen molar-refractivity contribution in [1.82, 2.24) is 0 Å². The minimum atomic E-state index is -2.15. The van der Waals surface area contributed by atoms with E-state index in [1.807, 2.05) is 0 Å². The molecule has 0 aliphatic rings. The summed E-state index contributed by atoms with van der Waals surface area (Å²) in [4.78, 5) is 42.4. The first kappa shape index (κ1) is 16.8. The highest BCUT2D eigenvalue weighted by Crippen LogP contribution is 2.09. The van der Waals surface area contributed by atoms with Crippen molar-refractivity contribution in [3.05, 3.63) is 0 Å². The minimum absolute atomic E-state index is 0.994. The van der Waals surface area contributed by atoms with Crippen molar-refractivity contribution >= 4 is 23.9 Å². The third kappa shape index (κ3) is 5.79. The summed E-state index contributed by atoms with van der Waals surface area (Å²) in [7, 11) is 0. The van der Waals surface area contributed by atoms with Crippen molar-refractivity contribution in [2.75, 3.05) is 6.61 Å². The molecule has 0 aromatic rings. The van der Waals surface area contributed by atoms with Gasteiger partial charge in [-0.2, -0.15) is 0 Å². The van der Waals surface area contributed by atoms with Crippen molar-refractivity contribution in [3.8, 4) is 0 Å². The molecular weight excluding hydrogens is 268 g/mol. The van der Waals surface area contributed by atoms with Gasteiger partial charge in [0.2, 0.25) is 0 Å². The molecule has 0 fully saturated rings. The summed E-state index contributed by atoms with van der Waals surface area (Å²) in [5, 5.41) is 34.4. The maximum atomic E-state index is 10.8. The summed E-state index contributed by atoms with van der Waals surface area (Å²) < 4.78 is 8.90. The second kappa shape index (κ2) is 7.28. The molecule has 4 N–H and O–H groups in total. The van der Waals surface area contributed by atoms with E-state index in [1.54, 1.807) is 0 Å². The number of carbonyl (C=O) groups is 4. The van der Waals surface area contributed by atoms with Gasteiger partial charge < -0.3 is 29.9 Å². The topological polar surface area (TPSA) is 168 Å². The maximum absolute atomic E-state index is 10.8. The van der Waals surface area contributed by atoms with Crippen molar-refractivity contribution in [1.29, 1.82) is 0 Å². The smallest absolute Gasteiger partial charge is 0.336 e. The van der Waals surface area contributed by atoms with Gasteiger partial charge in [0.15, 0.2) is 18.3 Å². The molecule has 0 aliphatic heterocycles. The van der Waals surface area contributed by atoms with Crippen LogP contribution >= 0.6 is 0 Å². The number of hydrogen-bond acceptors (Lipinski definition) is 6. The predicted octanol–water partition coefficient (Wildman–Crippen LogP) is -1.52. The maximum Gasteiger partial charge on any atom is 0.336 e. The highest BCUT2D eigenvalue weighted by Gasteiger charge is 2.38. The Morgan fingerprint density at radius 2 is 1.37 bits per heavy atom. The van der Waals surface area contributed by atoms with Crippen molar-refractivity contribution in [2.45, 2.75) is 25.2 Å². The Bertz CT molecular complexity index is 375. The first-order valence-electron chi connectivity index (χ1n) is 4.84. The van der Waals surface area contributed by atoms with Crippen LogP contribution in [0.3, 0.4) is 0 Å². The average Bonchev–Trinajstić information content (AvgIpc) is 2.26. The van der Waals surface area contributed by atoms with E-state index in [0.717, 1.165) is 6.92 Å². The average molecular weight is 280 g/mol. The van der Waals surface area contributed by atoms with Crippen LogP contribution in [0.5, 0.6) is 0 Å². The lowest BCUT2D eigenvalue weighted by molar-refractivity contribution is -0.188. The monoisotopic (exact) mass is 280 g/mol. The zero-order valence-corrected chi connectivity index (χ0v) is 9.68. The molecule has 0 aliphatic carbocycles. The molecule has 19 heavy (non-hydrogen) atoms. The summed E-state index contributed by atoms with van der Waals surface area (Å²) in [5.41, 5.74) is 0.